The van der Waals surface area contributed by atoms with Crippen molar-refractivity contribution in [2.24, 2.45) is 11.8 Å². The molecule has 1 fully saturated rings. The smallest absolute Gasteiger partial charge is 0.265 e. The topological polar surface area (TPSA) is 62.3 Å². The van der Waals surface area contributed by atoms with E-state index in [1.807, 2.05) is 18.7 Å². The molecule has 1 aliphatic carbocycles. The van der Waals surface area contributed by atoms with Gasteiger partial charge in [-0.2, -0.15) is 0 Å². The number of nitrogens with zero attached hydrogens (tertiary/aromatic N) is 2. The van der Waals surface area contributed by atoms with Crippen LogP contribution in [0.5, 0.6) is 0 Å². The van der Waals surface area contributed by atoms with Crippen molar-refractivity contribution in [3.8, 4) is 10.6 Å². The third kappa shape index (κ3) is 5.96. The van der Waals surface area contributed by atoms with Gasteiger partial charge in [-0.05, 0) is 64.7 Å². The van der Waals surface area contributed by atoms with Crippen molar-refractivity contribution in [2.45, 2.75) is 65.7 Å². The minimum atomic E-state index is -0.0177. The summed E-state index contributed by atoms with van der Waals surface area (Å²) in [6, 6.07) is 8.27. The Labute approximate surface area is 207 Å². The molecule has 2 aromatic rings. The zero-order valence-electron chi connectivity index (χ0n) is 20.7. The molecule has 1 saturated heterocycles. The maximum absolute atomic E-state index is 13.2. The van der Waals surface area contributed by atoms with E-state index in [2.05, 4.69) is 47.6 Å². The number of carbonyl (C=O) groups excluding carboxylic acids is 2. The fourth-order valence-corrected chi connectivity index (χ4v) is 6.05. The number of hydrogen-bond donors (Lipinski definition) is 1. The minimum Gasteiger partial charge on any atom is -0.356 e. The Kier molecular flexibility index (Phi) is 8.19. The molecule has 1 aromatic heterocycles. The highest BCUT2D eigenvalue weighted by Gasteiger charge is 2.31. The van der Waals surface area contributed by atoms with Crippen LogP contribution in [0.4, 0.5) is 0 Å². The largest absolute Gasteiger partial charge is 0.356 e. The van der Waals surface area contributed by atoms with Crippen molar-refractivity contribution >= 4 is 23.2 Å². The molecule has 1 N–H and O–H groups in total. The van der Waals surface area contributed by atoms with Crippen LogP contribution >= 0.6 is 11.3 Å². The number of nitrogens with one attached hydrogen (secondary N) is 1. The van der Waals surface area contributed by atoms with Crippen LogP contribution in [0.25, 0.3) is 10.6 Å². The number of rotatable bonds is 7. The van der Waals surface area contributed by atoms with E-state index in [4.69, 9.17) is 0 Å². The summed E-state index contributed by atoms with van der Waals surface area (Å²) in [6.45, 7) is 8.16. The number of likely N-dealkylation sites (tertiary alicyclic amines) is 1. The lowest BCUT2D eigenvalue weighted by atomic mass is 9.84. The highest BCUT2D eigenvalue weighted by Crippen LogP contribution is 2.31. The second kappa shape index (κ2) is 11.3. The molecule has 1 aliphatic heterocycles. The van der Waals surface area contributed by atoms with E-state index >= 15 is 0 Å². The number of aromatic nitrogens is 1. The quantitative estimate of drug-likeness (QED) is 0.501. The lowest BCUT2D eigenvalue weighted by Crippen LogP contribution is -2.42. The van der Waals surface area contributed by atoms with Crippen LogP contribution in [-0.2, 0) is 4.79 Å². The molecule has 5 nitrogen and oxygen atoms in total. The van der Waals surface area contributed by atoms with E-state index in [-0.39, 0.29) is 17.7 Å². The molecule has 0 bridgehead atoms. The lowest BCUT2D eigenvalue weighted by molar-refractivity contribution is -0.126. The molecule has 2 aliphatic rings. The molecule has 182 valence electrons. The molecule has 6 heteroatoms. The standard InChI is InChI=1S/C28H37N3O2S/c1-19-9-11-24(12-10-19)27-30-21(3)25(34-27)28(33)31-17-14-23(15-18-31)20(2)26(32)29-16-13-22-7-5-4-6-8-22/h7,9-12,20,23H,4-6,8,13-18H2,1-3H3,(H,29,32)/t20-/m1/s1. The van der Waals surface area contributed by atoms with Crippen molar-refractivity contribution in [3.05, 3.63) is 52.0 Å². The minimum absolute atomic E-state index is 0.0177. The van der Waals surface area contributed by atoms with Gasteiger partial charge >= 0.3 is 0 Å². The molecule has 1 atom stereocenters. The Morgan fingerprint density at radius 1 is 1.15 bits per heavy atom. The summed E-state index contributed by atoms with van der Waals surface area (Å²) in [7, 11) is 0. The summed E-state index contributed by atoms with van der Waals surface area (Å²) in [4.78, 5) is 33.3. The molecule has 0 unspecified atom stereocenters. The number of allylic oxidation sites excluding steroid dienone is 1. The van der Waals surface area contributed by atoms with Gasteiger partial charge in [0.15, 0.2) is 0 Å². The van der Waals surface area contributed by atoms with Crippen molar-refractivity contribution in [2.75, 3.05) is 19.6 Å². The molecule has 0 spiro atoms. The normalized spacial score (nSPS) is 17.9. The van der Waals surface area contributed by atoms with Gasteiger partial charge in [0.2, 0.25) is 5.91 Å². The van der Waals surface area contributed by atoms with E-state index < -0.39 is 0 Å². The third-order valence-corrected chi connectivity index (χ3v) is 8.56. The molecule has 4 rings (SSSR count). The van der Waals surface area contributed by atoms with Gasteiger partial charge in [0.1, 0.15) is 9.88 Å². The van der Waals surface area contributed by atoms with E-state index in [9.17, 15) is 9.59 Å². The second-order valence-corrected chi connectivity index (χ2v) is 10.9. The van der Waals surface area contributed by atoms with Crippen LogP contribution in [0.15, 0.2) is 35.9 Å². The van der Waals surface area contributed by atoms with Gasteiger partial charge < -0.3 is 10.2 Å². The average molecular weight is 480 g/mol. The van der Waals surface area contributed by atoms with Gasteiger partial charge in [-0.15, -0.1) is 11.3 Å². The number of thiazole rings is 1. The molecular weight excluding hydrogens is 442 g/mol. The number of carbonyl (C=O) groups is 2. The van der Waals surface area contributed by atoms with Crippen molar-refractivity contribution in [3.63, 3.8) is 0 Å². The summed E-state index contributed by atoms with van der Waals surface area (Å²) >= 11 is 1.48. The maximum atomic E-state index is 13.2. The first kappa shape index (κ1) is 24.6. The van der Waals surface area contributed by atoms with Crippen LogP contribution in [-0.4, -0.2) is 41.3 Å². The number of amides is 2. The van der Waals surface area contributed by atoms with Gasteiger partial charge in [0.05, 0.1) is 5.69 Å². The van der Waals surface area contributed by atoms with Gasteiger partial charge in [0, 0.05) is 31.1 Å². The van der Waals surface area contributed by atoms with Crippen LogP contribution in [0.3, 0.4) is 0 Å². The number of hydrogen-bond acceptors (Lipinski definition) is 4. The van der Waals surface area contributed by atoms with Gasteiger partial charge in [-0.1, -0.05) is 48.4 Å². The van der Waals surface area contributed by atoms with Crippen LogP contribution in [0.2, 0.25) is 0 Å². The highest BCUT2D eigenvalue weighted by molar-refractivity contribution is 7.17. The highest BCUT2D eigenvalue weighted by atomic mass is 32.1. The van der Waals surface area contributed by atoms with Crippen molar-refractivity contribution < 1.29 is 9.59 Å². The Bertz CT molecular complexity index is 1030. The number of piperidine rings is 1. The molecular formula is C28H37N3O2S. The number of aryl methyl sites for hydroxylation is 2. The van der Waals surface area contributed by atoms with E-state index in [0.717, 1.165) is 46.9 Å². The van der Waals surface area contributed by atoms with E-state index in [0.29, 0.717) is 19.0 Å². The first-order chi connectivity index (χ1) is 16.4. The molecule has 1 aromatic carbocycles. The fourth-order valence-electron chi connectivity index (χ4n) is 5.01. The first-order valence-corrected chi connectivity index (χ1v) is 13.5. The zero-order valence-corrected chi connectivity index (χ0v) is 21.5. The van der Waals surface area contributed by atoms with Gasteiger partial charge in [0.25, 0.3) is 5.91 Å². The van der Waals surface area contributed by atoms with E-state index in [1.165, 1.54) is 48.2 Å². The van der Waals surface area contributed by atoms with Gasteiger partial charge in [-0.3, -0.25) is 9.59 Å². The Morgan fingerprint density at radius 2 is 1.88 bits per heavy atom. The summed E-state index contributed by atoms with van der Waals surface area (Å²) < 4.78 is 0. The first-order valence-electron chi connectivity index (χ1n) is 12.7. The lowest BCUT2D eigenvalue weighted by Gasteiger charge is -2.34. The molecule has 2 heterocycles. The Hall–Kier alpha value is -2.47. The predicted molar refractivity (Wildman–Crippen MR) is 139 cm³/mol. The summed E-state index contributed by atoms with van der Waals surface area (Å²) in [5.74, 6) is 0.534. The van der Waals surface area contributed by atoms with Crippen LogP contribution < -0.4 is 5.32 Å². The second-order valence-electron chi connectivity index (χ2n) is 9.87. The van der Waals surface area contributed by atoms with Crippen molar-refractivity contribution in [1.29, 1.82) is 0 Å². The molecule has 2 amide bonds. The summed E-state index contributed by atoms with van der Waals surface area (Å²) in [5, 5.41) is 4.04. The summed E-state index contributed by atoms with van der Waals surface area (Å²) in [5.41, 5.74) is 4.56. The van der Waals surface area contributed by atoms with Gasteiger partial charge in [-0.25, -0.2) is 4.98 Å². The SMILES string of the molecule is Cc1ccc(-c2nc(C)c(C(=O)N3CCC([C@@H](C)C(=O)NCCC4=CCCCC4)CC3)s2)cc1. The molecule has 0 saturated carbocycles. The number of benzene rings is 1. The predicted octanol–water partition coefficient (Wildman–Crippen LogP) is 5.92. The third-order valence-electron chi connectivity index (χ3n) is 7.37. The maximum Gasteiger partial charge on any atom is 0.265 e. The van der Waals surface area contributed by atoms with Crippen LogP contribution in [0, 0.1) is 25.7 Å². The average Bonchev–Trinajstić information content (AvgIpc) is 3.25. The monoisotopic (exact) mass is 479 g/mol. The van der Waals surface area contributed by atoms with Crippen LogP contribution in [0.1, 0.15) is 72.8 Å². The molecule has 34 heavy (non-hydrogen) atoms. The fraction of sp³-hybridized carbons (Fsp3) is 0.536. The van der Waals surface area contributed by atoms with E-state index in [1.54, 1.807) is 0 Å². The molecule has 0 radical (unpaired) electrons. The Morgan fingerprint density at radius 3 is 2.56 bits per heavy atom. The van der Waals surface area contributed by atoms with Crippen molar-refractivity contribution in [1.82, 2.24) is 15.2 Å². The Balaban J connectivity index is 1.27. The summed E-state index contributed by atoms with van der Waals surface area (Å²) in [6.07, 6.45) is 10.0. The zero-order chi connectivity index (χ0) is 24.1.